The van der Waals surface area contributed by atoms with E-state index >= 15 is 0 Å². The van der Waals surface area contributed by atoms with Gasteiger partial charge in [0.15, 0.2) is 0 Å². The lowest BCUT2D eigenvalue weighted by atomic mass is 10.0. The van der Waals surface area contributed by atoms with Gasteiger partial charge in [-0.3, -0.25) is 19.1 Å². The van der Waals surface area contributed by atoms with Gasteiger partial charge in [-0.2, -0.15) is 5.26 Å². The molecule has 1 amide bonds. The third kappa shape index (κ3) is 4.22. The van der Waals surface area contributed by atoms with Gasteiger partial charge in [-0.05, 0) is 31.1 Å². The van der Waals surface area contributed by atoms with Crippen molar-refractivity contribution < 1.29 is 9.53 Å². The second kappa shape index (κ2) is 9.51. The number of ether oxygens (including phenoxy) is 1. The molecule has 170 valence electrons. The Labute approximate surface area is 202 Å². The summed E-state index contributed by atoms with van der Waals surface area (Å²) >= 11 is 6.81. The van der Waals surface area contributed by atoms with Crippen molar-refractivity contribution in [1.29, 1.82) is 5.26 Å². The third-order valence-electron chi connectivity index (χ3n) is 6.05. The molecule has 0 spiro atoms. The summed E-state index contributed by atoms with van der Waals surface area (Å²) < 4.78 is 7.46. The first-order valence-corrected chi connectivity index (χ1v) is 11.9. The second-order valence-corrected chi connectivity index (χ2v) is 9.63. The molecule has 2 saturated heterocycles. The Morgan fingerprint density at radius 3 is 2.52 bits per heavy atom. The summed E-state index contributed by atoms with van der Waals surface area (Å²) in [7, 11) is 1.66. The summed E-state index contributed by atoms with van der Waals surface area (Å²) in [5.74, 6) is 0.502. The van der Waals surface area contributed by atoms with Crippen molar-refractivity contribution in [3.63, 3.8) is 0 Å². The number of carbonyl (C=O) groups excluding carboxylic acids is 1. The number of thioether (sulfide) groups is 1. The zero-order valence-electron chi connectivity index (χ0n) is 18.7. The van der Waals surface area contributed by atoms with Crippen LogP contribution in [0.5, 0.6) is 0 Å². The van der Waals surface area contributed by atoms with Crippen LogP contribution < -0.4 is 10.5 Å². The van der Waals surface area contributed by atoms with E-state index in [1.54, 1.807) is 24.9 Å². The number of hydrogen-bond donors (Lipinski definition) is 0. The minimum Gasteiger partial charge on any atom is -0.378 e. The topological polar surface area (TPSA) is 78.6 Å². The van der Waals surface area contributed by atoms with E-state index in [2.05, 4.69) is 4.90 Å². The molecule has 9 heteroatoms. The SMILES string of the molecule is Cc1c(/C=C2\SC(=S)N(C(C)c3ccccc3)C2=O)c(N2CCOCC2)n(C)c(=O)c1C#N. The van der Waals surface area contributed by atoms with Gasteiger partial charge in [0, 0.05) is 25.7 Å². The number of hydrogen-bond acceptors (Lipinski definition) is 7. The molecular weight excluding hydrogens is 456 g/mol. The Morgan fingerprint density at radius 1 is 1.21 bits per heavy atom. The highest BCUT2D eigenvalue weighted by molar-refractivity contribution is 8.26. The summed E-state index contributed by atoms with van der Waals surface area (Å²) in [4.78, 5) is 30.4. The van der Waals surface area contributed by atoms with Crippen LogP contribution in [0.1, 0.15) is 35.2 Å². The molecule has 3 heterocycles. The number of amides is 1. The molecule has 0 saturated carbocycles. The molecule has 2 aliphatic rings. The lowest BCUT2D eigenvalue weighted by molar-refractivity contribution is -0.123. The summed E-state index contributed by atoms with van der Waals surface area (Å²) in [5.41, 5.74) is 1.97. The number of benzene rings is 1. The van der Waals surface area contributed by atoms with Crippen molar-refractivity contribution in [1.82, 2.24) is 9.47 Å². The van der Waals surface area contributed by atoms with Crippen LogP contribution in [0.2, 0.25) is 0 Å². The van der Waals surface area contributed by atoms with Crippen LogP contribution in [0.4, 0.5) is 5.82 Å². The maximum Gasteiger partial charge on any atom is 0.270 e. The summed E-state index contributed by atoms with van der Waals surface area (Å²) in [6.07, 6.45) is 1.78. The minimum absolute atomic E-state index is 0.0777. The molecule has 1 atom stereocenters. The quantitative estimate of drug-likeness (QED) is 0.490. The molecule has 2 fully saturated rings. The van der Waals surface area contributed by atoms with Crippen molar-refractivity contribution in [2.45, 2.75) is 19.9 Å². The predicted octanol–water partition coefficient (Wildman–Crippen LogP) is 3.36. The van der Waals surface area contributed by atoms with Gasteiger partial charge in [0.25, 0.3) is 11.5 Å². The van der Waals surface area contributed by atoms with E-state index < -0.39 is 0 Å². The van der Waals surface area contributed by atoms with Crippen LogP contribution >= 0.6 is 24.0 Å². The molecule has 0 radical (unpaired) electrons. The van der Waals surface area contributed by atoms with Gasteiger partial charge in [0.2, 0.25) is 0 Å². The molecule has 2 aliphatic heterocycles. The molecule has 33 heavy (non-hydrogen) atoms. The standard InChI is InChI=1S/C24H24N4O3S2/c1-15-18(21(27-9-11-31-12-10-27)26(3)22(29)19(15)14-25)13-20-23(30)28(24(32)33-20)16(2)17-7-5-4-6-8-17/h4-8,13,16H,9-12H2,1-3H3/b20-13-. The van der Waals surface area contributed by atoms with Gasteiger partial charge in [-0.15, -0.1) is 0 Å². The maximum atomic E-state index is 13.4. The number of rotatable bonds is 4. The Morgan fingerprint density at radius 2 is 1.88 bits per heavy atom. The number of anilines is 1. The lowest BCUT2D eigenvalue weighted by Crippen LogP contribution is -2.40. The minimum atomic E-state index is -0.348. The first kappa shape index (κ1) is 23.2. The zero-order valence-corrected chi connectivity index (χ0v) is 20.3. The van der Waals surface area contributed by atoms with Crippen LogP contribution in [-0.4, -0.2) is 46.0 Å². The summed E-state index contributed by atoms with van der Waals surface area (Å²) in [5, 5.41) is 9.63. The van der Waals surface area contributed by atoms with Gasteiger partial charge in [0.1, 0.15) is 21.8 Å². The molecular formula is C24H24N4O3S2. The average Bonchev–Trinajstić information content (AvgIpc) is 3.11. The molecule has 0 aliphatic carbocycles. The van der Waals surface area contributed by atoms with Crippen LogP contribution in [0.15, 0.2) is 40.0 Å². The van der Waals surface area contributed by atoms with Gasteiger partial charge < -0.3 is 9.64 Å². The van der Waals surface area contributed by atoms with Gasteiger partial charge >= 0.3 is 0 Å². The molecule has 2 aromatic rings. The van der Waals surface area contributed by atoms with E-state index in [4.69, 9.17) is 17.0 Å². The predicted molar refractivity (Wildman–Crippen MR) is 134 cm³/mol. The van der Waals surface area contributed by atoms with Crippen molar-refractivity contribution >= 4 is 46.1 Å². The number of pyridine rings is 1. The van der Waals surface area contributed by atoms with Crippen LogP contribution in [0, 0.1) is 18.3 Å². The summed E-state index contributed by atoms with van der Waals surface area (Å²) in [6, 6.07) is 11.6. The number of nitrogens with zero attached hydrogens (tertiary/aromatic N) is 4. The fraction of sp³-hybridized carbons (Fsp3) is 0.333. The van der Waals surface area contributed by atoms with E-state index in [1.165, 1.54) is 16.3 Å². The molecule has 1 aromatic heterocycles. The second-order valence-electron chi connectivity index (χ2n) is 7.95. The fourth-order valence-electron chi connectivity index (χ4n) is 4.19. The van der Waals surface area contributed by atoms with Crippen molar-refractivity contribution in [3.05, 3.63) is 67.8 Å². The molecule has 0 bridgehead atoms. The Bertz CT molecular complexity index is 1240. The highest BCUT2D eigenvalue weighted by Crippen LogP contribution is 2.39. The number of aromatic nitrogens is 1. The first-order valence-electron chi connectivity index (χ1n) is 10.6. The lowest BCUT2D eigenvalue weighted by Gasteiger charge is -2.32. The van der Waals surface area contributed by atoms with Crippen molar-refractivity contribution in [3.8, 4) is 6.07 Å². The third-order valence-corrected chi connectivity index (χ3v) is 7.38. The normalized spacial score (nSPS) is 18.7. The molecule has 7 nitrogen and oxygen atoms in total. The molecule has 0 N–H and O–H groups in total. The van der Waals surface area contributed by atoms with Crippen LogP contribution in [0.3, 0.4) is 0 Å². The average molecular weight is 481 g/mol. The maximum absolute atomic E-state index is 13.4. The largest absolute Gasteiger partial charge is 0.378 e. The van der Waals surface area contributed by atoms with E-state index in [-0.39, 0.29) is 23.1 Å². The number of thiocarbonyl (C=S) groups is 1. The molecule has 1 unspecified atom stereocenters. The number of nitriles is 1. The van der Waals surface area contributed by atoms with E-state index in [9.17, 15) is 14.9 Å². The molecule has 4 rings (SSSR count). The highest BCUT2D eigenvalue weighted by Gasteiger charge is 2.36. The van der Waals surface area contributed by atoms with Crippen LogP contribution in [-0.2, 0) is 16.6 Å². The van der Waals surface area contributed by atoms with Gasteiger partial charge in [-0.1, -0.05) is 54.3 Å². The first-order chi connectivity index (χ1) is 15.8. The van der Waals surface area contributed by atoms with Crippen molar-refractivity contribution in [2.75, 3.05) is 31.2 Å². The number of carbonyl (C=O) groups is 1. The van der Waals surface area contributed by atoms with Gasteiger partial charge in [0.05, 0.1) is 24.2 Å². The Kier molecular flexibility index (Phi) is 6.70. The van der Waals surface area contributed by atoms with E-state index in [0.717, 1.165) is 5.56 Å². The van der Waals surface area contributed by atoms with E-state index in [0.29, 0.717) is 52.5 Å². The fourth-order valence-corrected chi connectivity index (χ4v) is 5.60. The van der Waals surface area contributed by atoms with Crippen molar-refractivity contribution in [2.24, 2.45) is 7.05 Å². The monoisotopic (exact) mass is 480 g/mol. The smallest absolute Gasteiger partial charge is 0.270 e. The Hall–Kier alpha value is -2.93. The van der Waals surface area contributed by atoms with Crippen LogP contribution in [0.25, 0.3) is 6.08 Å². The van der Waals surface area contributed by atoms with Gasteiger partial charge in [-0.25, -0.2) is 0 Å². The zero-order chi connectivity index (χ0) is 23.7. The highest BCUT2D eigenvalue weighted by atomic mass is 32.2. The number of morpholine rings is 1. The molecule has 1 aromatic carbocycles. The summed E-state index contributed by atoms with van der Waals surface area (Å²) in [6.45, 7) is 6.03. The Balaban J connectivity index is 1.81. The van der Waals surface area contributed by atoms with E-state index in [1.807, 2.05) is 43.3 Å².